The van der Waals surface area contributed by atoms with Gasteiger partial charge in [-0.05, 0) is 38.3 Å². The average molecular weight is 262 g/mol. The Labute approximate surface area is 114 Å². The highest BCUT2D eigenvalue weighted by Crippen LogP contribution is 2.10. The van der Waals surface area contributed by atoms with Crippen molar-refractivity contribution in [1.29, 1.82) is 0 Å². The van der Waals surface area contributed by atoms with Gasteiger partial charge in [0.1, 0.15) is 5.75 Å². The van der Waals surface area contributed by atoms with Crippen LogP contribution in [0.4, 0.5) is 0 Å². The van der Waals surface area contributed by atoms with E-state index in [1.165, 1.54) is 0 Å². The molecule has 3 nitrogen and oxygen atoms in total. The van der Waals surface area contributed by atoms with Crippen LogP contribution < -0.4 is 4.74 Å². The molecule has 0 atom stereocenters. The summed E-state index contributed by atoms with van der Waals surface area (Å²) in [7, 11) is 0. The maximum atomic E-state index is 10.6. The fourth-order valence-corrected chi connectivity index (χ4v) is 1.71. The van der Waals surface area contributed by atoms with Gasteiger partial charge in [-0.15, -0.1) is 0 Å². The molecule has 0 saturated carbocycles. The normalized spacial score (nSPS) is 11.3. The van der Waals surface area contributed by atoms with Gasteiger partial charge in [-0.2, -0.15) is 0 Å². The van der Waals surface area contributed by atoms with Gasteiger partial charge >= 0.3 is 5.97 Å². The highest BCUT2D eigenvalue weighted by atomic mass is 16.5. The van der Waals surface area contributed by atoms with E-state index < -0.39 is 5.97 Å². The van der Waals surface area contributed by atoms with E-state index >= 15 is 0 Å². The number of aliphatic carboxylic acids is 1. The van der Waals surface area contributed by atoms with Crippen LogP contribution in [0.2, 0.25) is 0 Å². The minimum absolute atomic E-state index is 0.437. The van der Waals surface area contributed by atoms with Crippen LogP contribution in [0.5, 0.6) is 5.75 Å². The van der Waals surface area contributed by atoms with Crippen molar-refractivity contribution in [3.8, 4) is 5.75 Å². The lowest BCUT2D eigenvalue weighted by Crippen LogP contribution is -1.97. The zero-order valence-electron chi connectivity index (χ0n) is 11.5. The van der Waals surface area contributed by atoms with Crippen molar-refractivity contribution in [1.82, 2.24) is 0 Å². The number of carboxylic acids is 1. The molecule has 0 aliphatic carbocycles. The summed E-state index contributed by atoms with van der Waals surface area (Å²) in [5.74, 6) is 0.0961. The molecule has 19 heavy (non-hydrogen) atoms. The predicted octanol–water partition coefficient (Wildman–Crippen LogP) is 4.05. The summed E-state index contributed by atoms with van der Waals surface area (Å²) in [5, 5.41) is 8.68. The topological polar surface area (TPSA) is 46.5 Å². The third-order valence-corrected chi connectivity index (χ3v) is 2.90. The number of hydrogen-bond acceptors (Lipinski definition) is 2. The van der Waals surface area contributed by atoms with Gasteiger partial charge in [0.05, 0.1) is 6.61 Å². The molecule has 3 heteroatoms. The first-order valence-corrected chi connectivity index (χ1v) is 6.78. The molecule has 0 aromatic heterocycles. The number of carboxylic acid groups (broad SMARTS) is 1. The second-order valence-electron chi connectivity index (χ2n) is 4.56. The van der Waals surface area contributed by atoms with E-state index in [9.17, 15) is 4.79 Å². The van der Waals surface area contributed by atoms with Crippen LogP contribution in [-0.4, -0.2) is 17.7 Å². The number of para-hydroxylation sites is 1. The van der Waals surface area contributed by atoms with Crippen molar-refractivity contribution >= 4 is 5.97 Å². The Morgan fingerprint density at radius 1 is 1.16 bits per heavy atom. The maximum Gasteiger partial charge on any atom is 0.330 e. The molecule has 104 valence electrons. The van der Waals surface area contributed by atoms with Crippen LogP contribution >= 0.6 is 0 Å². The fraction of sp³-hybridized carbons (Fsp3) is 0.438. The van der Waals surface area contributed by atoms with E-state index in [1.807, 2.05) is 30.3 Å². The van der Waals surface area contributed by atoms with E-state index in [1.54, 1.807) is 13.0 Å². The summed E-state index contributed by atoms with van der Waals surface area (Å²) in [6.45, 7) is 2.38. The van der Waals surface area contributed by atoms with E-state index in [0.29, 0.717) is 5.57 Å². The SMILES string of the molecule is C/C(=C\CCCCCCOc1ccccc1)C(=O)O. The molecule has 0 aliphatic heterocycles. The lowest BCUT2D eigenvalue weighted by molar-refractivity contribution is -0.132. The molecule has 0 amide bonds. The molecule has 0 saturated heterocycles. The molecule has 0 unspecified atom stereocenters. The van der Waals surface area contributed by atoms with E-state index in [-0.39, 0.29) is 0 Å². The number of benzene rings is 1. The first-order chi connectivity index (χ1) is 9.20. The second kappa shape index (κ2) is 9.20. The van der Waals surface area contributed by atoms with Crippen molar-refractivity contribution in [2.24, 2.45) is 0 Å². The summed E-state index contributed by atoms with van der Waals surface area (Å²) in [5.41, 5.74) is 0.437. The highest BCUT2D eigenvalue weighted by molar-refractivity contribution is 5.85. The zero-order valence-corrected chi connectivity index (χ0v) is 11.5. The molecule has 0 heterocycles. The van der Waals surface area contributed by atoms with Gasteiger partial charge in [-0.1, -0.05) is 37.1 Å². The monoisotopic (exact) mass is 262 g/mol. The Balaban J connectivity index is 1.97. The van der Waals surface area contributed by atoms with Gasteiger partial charge < -0.3 is 9.84 Å². The van der Waals surface area contributed by atoms with Crippen LogP contribution in [-0.2, 0) is 4.79 Å². The van der Waals surface area contributed by atoms with Crippen LogP contribution in [0.25, 0.3) is 0 Å². The maximum absolute atomic E-state index is 10.6. The molecule has 0 radical (unpaired) electrons. The van der Waals surface area contributed by atoms with Gasteiger partial charge in [-0.25, -0.2) is 4.79 Å². The van der Waals surface area contributed by atoms with Crippen molar-refractivity contribution in [3.63, 3.8) is 0 Å². The molecule has 1 N–H and O–H groups in total. The molecule has 1 aromatic carbocycles. The zero-order chi connectivity index (χ0) is 13.9. The average Bonchev–Trinajstić information content (AvgIpc) is 2.42. The molecule has 1 rings (SSSR count). The van der Waals surface area contributed by atoms with E-state index in [4.69, 9.17) is 9.84 Å². The third-order valence-electron chi connectivity index (χ3n) is 2.90. The minimum Gasteiger partial charge on any atom is -0.494 e. The molecule has 0 bridgehead atoms. The van der Waals surface area contributed by atoms with Crippen molar-refractivity contribution in [2.45, 2.75) is 39.0 Å². The van der Waals surface area contributed by atoms with Crippen LogP contribution in [0.15, 0.2) is 42.0 Å². The van der Waals surface area contributed by atoms with E-state index in [2.05, 4.69) is 0 Å². The Kier molecular flexibility index (Phi) is 7.40. The number of allylic oxidation sites excluding steroid dienone is 1. The van der Waals surface area contributed by atoms with Crippen LogP contribution in [0, 0.1) is 0 Å². The number of rotatable bonds is 9. The summed E-state index contributed by atoms with van der Waals surface area (Å²) in [6.07, 6.45) is 6.95. The summed E-state index contributed by atoms with van der Waals surface area (Å²) in [4.78, 5) is 10.6. The standard InChI is InChI=1S/C16H22O3/c1-14(16(17)18)10-6-3-2-4-9-13-19-15-11-7-5-8-12-15/h5,7-8,10-12H,2-4,6,9,13H2,1H3,(H,17,18)/b14-10+. The number of carbonyl (C=O) groups is 1. The summed E-state index contributed by atoms with van der Waals surface area (Å²) < 4.78 is 5.59. The highest BCUT2D eigenvalue weighted by Gasteiger charge is 1.98. The van der Waals surface area contributed by atoms with Crippen molar-refractivity contribution in [3.05, 3.63) is 42.0 Å². The van der Waals surface area contributed by atoms with E-state index in [0.717, 1.165) is 44.5 Å². The summed E-state index contributed by atoms with van der Waals surface area (Å²) in [6, 6.07) is 9.82. The second-order valence-corrected chi connectivity index (χ2v) is 4.56. The fourth-order valence-electron chi connectivity index (χ4n) is 1.71. The third kappa shape index (κ3) is 7.29. The summed E-state index contributed by atoms with van der Waals surface area (Å²) >= 11 is 0. The number of hydrogen-bond donors (Lipinski definition) is 1. The smallest absolute Gasteiger partial charge is 0.330 e. The van der Waals surface area contributed by atoms with Gasteiger partial charge in [0.25, 0.3) is 0 Å². The number of unbranched alkanes of at least 4 members (excludes halogenated alkanes) is 4. The first-order valence-electron chi connectivity index (χ1n) is 6.78. The number of ether oxygens (including phenoxy) is 1. The molecule has 0 fully saturated rings. The van der Waals surface area contributed by atoms with Crippen LogP contribution in [0.1, 0.15) is 39.0 Å². The lowest BCUT2D eigenvalue weighted by Gasteiger charge is -2.05. The molecule has 0 spiro atoms. The minimum atomic E-state index is -0.823. The largest absolute Gasteiger partial charge is 0.494 e. The predicted molar refractivity (Wildman–Crippen MR) is 76.4 cm³/mol. The van der Waals surface area contributed by atoms with Crippen LogP contribution in [0.3, 0.4) is 0 Å². The van der Waals surface area contributed by atoms with Crippen molar-refractivity contribution < 1.29 is 14.6 Å². The Hall–Kier alpha value is -1.77. The quantitative estimate of drug-likeness (QED) is 0.539. The first kappa shape index (κ1) is 15.3. The Morgan fingerprint density at radius 2 is 1.84 bits per heavy atom. The Bertz CT molecular complexity index is 396. The lowest BCUT2D eigenvalue weighted by atomic mass is 10.1. The van der Waals surface area contributed by atoms with Gasteiger partial charge in [-0.3, -0.25) is 0 Å². The van der Waals surface area contributed by atoms with Gasteiger partial charge in [0.2, 0.25) is 0 Å². The molecular formula is C16H22O3. The molecule has 0 aliphatic rings. The molecular weight excluding hydrogens is 240 g/mol. The molecule has 1 aromatic rings. The van der Waals surface area contributed by atoms with Gasteiger partial charge in [0.15, 0.2) is 0 Å². The Morgan fingerprint density at radius 3 is 2.53 bits per heavy atom. The van der Waals surface area contributed by atoms with Crippen molar-refractivity contribution in [2.75, 3.05) is 6.61 Å². The van der Waals surface area contributed by atoms with Gasteiger partial charge in [0, 0.05) is 5.57 Å².